The van der Waals surface area contributed by atoms with Crippen LogP contribution in [0.3, 0.4) is 0 Å². The van der Waals surface area contributed by atoms with Crippen LogP contribution in [0.5, 0.6) is 5.75 Å². The van der Waals surface area contributed by atoms with Gasteiger partial charge in [0, 0.05) is 28.2 Å². The van der Waals surface area contributed by atoms with E-state index in [1.807, 2.05) is 6.92 Å². The van der Waals surface area contributed by atoms with Gasteiger partial charge in [-0.15, -0.1) is 0 Å². The maximum Gasteiger partial charge on any atom is 0.248 e. The Morgan fingerprint density at radius 2 is 1.93 bits per heavy atom. The molecule has 8 nitrogen and oxygen atoms in total. The highest BCUT2D eigenvalue weighted by Crippen LogP contribution is 2.57. The van der Waals surface area contributed by atoms with Crippen molar-refractivity contribution in [1.82, 2.24) is 5.32 Å². The molecule has 0 aliphatic carbocycles. The van der Waals surface area contributed by atoms with Crippen LogP contribution in [0, 0.1) is 11.2 Å². The maximum atomic E-state index is 16.1. The molecule has 1 saturated heterocycles. The van der Waals surface area contributed by atoms with E-state index in [2.05, 4.69) is 36.7 Å². The van der Waals surface area contributed by atoms with Crippen molar-refractivity contribution in [2.45, 2.75) is 76.6 Å². The number of hydrogen-bond acceptors (Lipinski definition) is 6. The van der Waals surface area contributed by atoms with E-state index in [1.54, 1.807) is 36.4 Å². The molecule has 3 aromatic carbocycles. The first-order valence-corrected chi connectivity index (χ1v) is 15.9. The minimum absolute atomic E-state index is 0.0912. The summed E-state index contributed by atoms with van der Waals surface area (Å²) in [5.41, 5.74) is 5.99. The van der Waals surface area contributed by atoms with Gasteiger partial charge in [-0.05, 0) is 65.8 Å². The third-order valence-corrected chi connectivity index (χ3v) is 9.17. The Labute approximate surface area is 272 Å². The van der Waals surface area contributed by atoms with Crippen LogP contribution in [-0.4, -0.2) is 41.8 Å². The number of carbonyl (C=O) groups is 2. The van der Waals surface area contributed by atoms with Gasteiger partial charge in [-0.1, -0.05) is 75.5 Å². The monoisotopic (exact) mass is 656 g/mol. The van der Waals surface area contributed by atoms with Crippen molar-refractivity contribution in [3.05, 3.63) is 87.2 Å². The van der Waals surface area contributed by atoms with Crippen LogP contribution in [0.25, 0.3) is 0 Å². The van der Waals surface area contributed by atoms with Gasteiger partial charge in [-0.2, -0.15) is 0 Å². The molecule has 0 aromatic heterocycles. The molecule has 2 aliphatic rings. The number of halogens is 3. The van der Waals surface area contributed by atoms with E-state index >= 15 is 4.39 Å². The van der Waals surface area contributed by atoms with Crippen LogP contribution in [0.1, 0.15) is 74.4 Å². The lowest BCUT2D eigenvalue weighted by molar-refractivity contribution is -0.122. The molecule has 2 aliphatic heterocycles. The van der Waals surface area contributed by atoms with E-state index in [1.165, 1.54) is 18.2 Å². The number of carbonyl (C=O) groups excluding carboxylic acids is 2. The second kappa shape index (κ2) is 12.8. The Hall–Kier alpha value is -3.37. The highest BCUT2D eigenvalue weighted by Gasteiger charge is 2.66. The van der Waals surface area contributed by atoms with Crippen molar-refractivity contribution in [3.63, 3.8) is 0 Å². The fourth-order valence-electron chi connectivity index (χ4n) is 6.74. The number of unbranched alkanes of at least 4 members (excludes halogenated alkanes) is 1. The molecule has 0 radical (unpaired) electrons. The first-order chi connectivity index (χ1) is 21.3. The number of hydrogen-bond donors (Lipinski definition) is 5. The van der Waals surface area contributed by atoms with Crippen molar-refractivity contribution in [1.29, 1.82) is 0 Å². The third-order valence-electron chi connectivity index (χ3n) is 8.64. The standard InChI is InChI=1S/C34H39Cl2FN4O4/c1-5-6-14-45-25-15-18(30(38)42)10-13-23(25)39-31(43)29-27(20-8-7-9-22(36)28(20)37)34(26(41-29)17-33(2,3)4)21-12-11-19(35)16-24(21)40-32(34)44/h7-13,15-16,26-27,29,31,39,41,43H,5-6,14,17H2,1-4H3,(H2,38,42)(H,40,44)/t26-,27-,29+,31?,34+/m0/s1. The Morgan fingerprint density at radius 3 is 2.62 bits per heavy atom. The van der Waals surface area contributed by atoms with E-state index in [0.717, 1.165) is 12.8 Å². The Bertz CT molecular complexity index is 1610. The lowest BCUT2D eigenvalue weighted by atomic mass is 9.62. The summed E-state index contributed by atoms with van der Waals surface area (Å²) in [5.74, 6) is -2.18. The quantitative estimate of drug-likeness (QED) is 0.124. The van der Waals surface area contributed by atoms with Crippen LogP contribution in [-0.2, 0) is 10.2 Å². The molecule has 0 bridgehead atoms. The van der Waals surface area contributed by atoms with Gasteiger partial charge in [0.25, 0.3) is 0 Å². The molecule has 1 spiro atoms. The molecule has 5 rings (SSSR count). The summed E-state index contributed by atoms with van der Waals surface area (Å²) in [5, 5.41) is 22.0. The highest BCUT2D eigenvalue weighted by molar-refractivity contribution is 6.31. The number of nitrogens with two attached hydrogens (primary N) is 1. The Morgan fingerprint density at radius 1 is 1.18 bits per heavy atom. The number of anilines is 2. The van der Waals surface area contributed by atoms with Crippen LogP contribution < -0.4 is 26.4 Å². The minimum Gasteiger partial charge on any atom is -0.491 e. The number of benzene rings is 3. The molecule has 6 N–H and O–H groups in total. The number of nitrogens with one attached hydrogen (secondary N) is 3. The topological polar surface area (TPSA) is 126 Å². The summed E-state index contributed by atoms with van der Waals surface area (Å²) < 4.78 is 22.0. The second-order valence-corrected chi connectivity index (χ2v) is 13.9. The molecule has 0 saturated carbocycles. The van der Waals surface area contributed by atoms with E-state index in [4.69, 9.17) is 33.7 Å². The number of fused-ring (bicyclic) bond motifs is 2. The fourth-order valence-corrected chi connectivity index (χ4v) is 7.09. The van der Waals surface area contributed by atoms with E-state index in [0.29, 0.717) is 40.7 Å². The maximum absolute atomic E-state index is 16.1. The lowest BCUT2D eigenvalue weighted by Gasteiger charge is -2.38. The zero-order chi connectivity index (χ0) is 32.7. The number of aliphatic hydroxyl groups excluding tert-OH is 1. The second-order valence-electron chi connectivity index (χ2n) is 13.0. The van der Waals surface area contributed by atoms with Crippen molar-refractivity contribution in [3.8, 4) is 5.75 Å². The molecular weight excluding hydrogens is 618 g/mol. The van der Waals surface area contributed by atoms with Gasteiger partial charge >= 0.3 is 0 Å². The molecule has 45 heavy (non-hydrogen) atoms. The Kier molecular flexibility index (Phi) is 9.38. The van der Waals surface area contributed by atoms with Gasteiger partial charge in [0.2, 0.25) is 11.8 Å². The predicted octanol–water partition coefficient (Wildman–Crippen LogP) is 6.59. The average Bonchev–Trinajstić information content (AvgIpc) is 3.44. The molecule has 3 aromatic rings. The van der Waals surface area contributed by atoms with Gasteiger partial charge < -0.3 is 31.5 Å². The zero-order valence-corrected chi connectivity index (χ0v) is 27.2. The van der Waals surface area contributed by atoms with Crippen LogP contribution in [0.4, 0.5) is 15.8 Å². The van der Waals surface area contributed by atoms with Gasteiger partial charge in [0.05, 0.1) is 23.4 Å². The number of rotatable bonds is 10. The van der Waals surface area contributed by atoms with Crippen molar-refractivity contribution in [2.75, 3.05) is 17.2 Å². The predicted molar refractivity (Wildman–Crippen MR) is 176 cm³/mol. The first-order valence-electron chi connectivity index (χ1n) is 15.1. The number of ether oxygens (including phenoxy) is 1. The van der Waals surface area contributed by atoms with Gasteiger partial charge in [0.15, 0.2) is 0 Å². The van der Waals surface area contributed by atoms with Gasteiger partial charge in [-0.3, -0.25) is 9.59 Å². The third kappa shape index (κ3) is 6.23. The zero-order valence-electron chi connectivity index (χ0n) is 25.7. The highest BCUT2D eigenvalue weighted by atomic mass is 35.5. The summed E-state index contributed by atoms with van der Waals surface area (Å²) in [6.07, 6.45) is 0.834. The van der Waals surface area contributed by atoms with E-state index in [9.17, 15) is 14.7 Å². The van der Waals surface area contributed by atoms with Crippen LogP contribution in [0.15, 0.2) is 54.6 Å². The van der Waals surface area contributed by atoms with E-state index in [-0.39, 0.29) is 27.5 Å². The molecular formula is C34H39Cl2FN4O4. The van der Waals surface area contributed by atoms with E-state index < -0.39 is 41.4 Å². The first kappa shape index (κ1) is 33.0. The largest absolute Gasteiger partial charge is 0.491 e. The number of amides is 2. The fraction of sp³-hybridized carbons (Fsp3) is 0.412. The summed E-state index contributed by atoms with van der Waals surface area (Å²) in [7, 11) is 0. The van der Waals surface area contributed by atoms with Crippen LogP contribution in [0.2, 0.25) is 10.0 Å². The molecule has 11 heteroatoms. The summed E-state index contributed by atoms with van der Waals surface area (Å²) in [6, 6.07) is 13.1. The molecule has 1 unspecified atom stereocenters. The average molecular weight is 658 g/mol. The molecule has 2 amide bonds. The SMILES string of the molecule is CCCCOc1cc(C(N)=O)ccc1NC(O)[C@@H]1N[C@@H](CC(C)(C)C)[C@@]2(C(=O)Nc3cc(Cl)ccc32)[C@H]1c1cccc(Cl)c1F. The van der Waals surface area contributed by atoms with Gasteiger partial charge in [-0.25, -0.2) is 4.39 Å². The molecule has 1 fully saturated rings. The molecule has 240 valence electrons. The summed E-state index contributed by atoms with van der Waals surface area (Å²) >= 11 is 12.7. The number of primary amides is 1. The summed E-state index contributed by atoms with van der Waals surface area (Å²) in [6.45, 7) is 8.61. The minimum atomic E-state index is -1.35. The van der Waals surface area contributed by atoms with Gasteiger partial charge in [0.1, 0.15) is 23.2 Å². The lowest BCUT2D eigenvalue weighted by Crippen LogP contribution is -2.49. The number of aliphatic hydroxyl groups is 1. The van der Waals surface area contributed by atoms with Crippen molar-refractivity contribution in [2.24, 2.45) is 11.1 Å². The molecule has 2 heterocycles. The van der Waals surface area contributed by atoms with Crippen molar-refractivity contribution < 1.29 is 23.8 Å². The smallest absolute Gasteiger partial charge is 0.248 e. The Balaban J connectivity index is 1.66. The molecule has 5 atom stereocenters. The van der Waals surface area contributed by atoms with Crippen LogP contribution >= 0.6 is 23.2 Å². The van der Waals surface area contributed by atoms with Crippen molar-refractivity contribution >= 4 is 46.4 Å². The summed E-state index contributed by atoms with van der Waals surface area (Å²) in [4.78, 5) is 26.3. The normalized spacial score (nSPS) is 23.1.